The van der Waals surface area contributed by atoms with Crippen molar-refractivity contribution >= 4 is 16.9 Å². The van der Waals surface area contributed by atoms with Crippen LogP contribution in [0.25, 0.3) is 10.9 Å². The molecule has 0 spiro atoms. The van der Waals surface area contributed by atoms with E-state index >= 15 is 0 Å². The van der Waals surface area contributed by atoms with Crippen molar-refractivity contribution in [1.82, 2.24) is 9.55 Å². The Kier molecular flexibility index (Phi) is 2.43. The Bertz CT molecular complexity index is 714. The number of nitrogens with zero attached hydrogens (tertiary/aromatic N) is 1. The van der Waals surface area contributed by atoms with Crippen molar-refractivity contribution < 1.29 is 9.53 Å². The Morgan fingerprint density at radius 1 is 1.41 bits per heavy atom. The van der Waals surface area contributed by atoms with Gasteiger partial charge in [0.2, 0.25) is 0 Å². The normalized spacial score (nSPS) is 10.4. The zero-order chi connectivity index (χ0) is 12.6. The lowest BCUT2D eigenvalue weighted by molar-refractivity contribution is 0.250. The molecular formula is C10H9N3O4. The highest BCUT2D eigenvalue weighted by Gasteiger charge is 2.11. The summed E-state index contributed by atoms with van der Waals surface area (Å²) in [4.78, 5) is 36.1. The number of primary amides is 1. The lowest BCUT2D eigenvalue weighted by atomic mass is 10.2. The molecular weight excluding hydrogens is 226 g/mol. The van der Waals surface area contributed by atoms with Gasteiger partial charge in [0.25, 0.3) is 5.56 Å². The average Bonchev–Trinajstić information content (AvgIpc) is 2.28. The average molecular weight is 235 g/mol. The molecule has 0 fully saturated rings. The van der Waals surface area contributed by atoms with Gasteiger partial charge in [-0.3, -0.25) is 9.78 Å². The first kappa shape index (κ1) is 10.9. The van der Waals surface area contributed by atoms with Crippen molar-refractivity contribution in [2.45, 2.75) is 0 Å². The van der Waals surface area contributed by atoms with Crippen LogP contribution in [-0.4, -0.2) is 22.7 Å². The summed E-state index contributed by atoms with van der Waals surface area (Å²) in [5.41, 5.74) is 3.76. The third kappa shape index (κ3) is 1.67. The van der Waals surface area contributed by atoms with Gasteiger partial charge in [0.15, 0.2) is 0 Å². The maximum Gasteiger partial charge on any atom is 0.337 e. The second-order valence-corrected chi connectivity index (χ2v) is 3.32. The van der Waals surface area contributed by atoms with Gasteiger partial charge < -0.3 is 10.5 Å². The highest BCUT2D eigenvalue weighted by Crippen LogP contribution is 2.16. The number of hydrogen-bond donors (Lipinski definition) is 2. The number of amides is 1. The van der Waals surface area contributed by atoms with Crippen molar-refractivity contribution in [2.24, 2.45) is 5.73 Å². The highest BCUT2D eigenvalue weighted by molar-refractivity contribution is 5.89. The van der Waals surface area contributed by atoms with Crippen LogP contribution in [0.3, 0.4) is 0 Å². The minimum absolute atomic E-state index is 0.145. The molecule has 3 N–H and O–H groups in total. The molecule has 1 heterocycles. The van der Waals surface area contributed by atoms with Gasteiger partial charge in [-0.1, -0.05) is 0 Å². The maximum atomic E-state index is 11.6. The lowest BCUT2D eigenvalue weighted by Gasteiger charge is -2.06. The standard InChI is InChI=1S/C10H9N3O4/c1-17-5-2-3-7-6(4-5)8(14)12-10(16)13(7)9(11)15/h2-4H,1H3,(H2,11,15)(H,12,14,16). The van der Waals surface area contributed by atoms with E-state index in [1.165, 1.54) is 25.3 Å². The molecule has 0 aliphatic heterocycles. The number of carbonyl (C=O) groups is 1. The molecule has 1 amide bonds. The smallest absolute Gasteiger partial charge is 0.337 e. The summed E-state index contributed by atoms with van der Waals surface area (Å²) >= 11 is 0. The van der Waals surface area contributed by atoms with E-state index in [0.717, 1.165) is 0 Å². The fourth-order valence-corrected chi connectivity index (χ4v) is 1.57. The van der Waals surface area contributed by atoms with Gasteiger partial charge in [-0.2, -0.15) is 0 Å². The van der Waals surface area contributed by atoms with E-state index in [-0.39, 0.29) is 10.9 Å². The number of ether oxygens (including phenoxy) is 1. The summed E-state index contributed by atoms with van der Waals surface area (Å²) in [5.74, 6) is 0.442. The Morgan fingerprint density at radius 2 is 2.12 bits per heavy atom. The number of benzene rings is 1. The van der Waals surface area contributed by atoms with Crippen molar-refractivity contribution in [1.29, 1.82) is 0 Å². The third-order valence-corrected chi connectivity index (χ3v) is 2.33. The van der Waals surface area contributed by atoms with E-state index in [1.54, 1.807) is 0 Å². The van der Waals surface area contributed by atoms with Crippen LogP contribution in [0.4, 0.5) is 4.79 Å². The van der Waals surface area contributed by atoms with Crippen LogP contribution >= 0.6 is 0 Å². The predicted octanol–water partition coefficient (Wildman–Crippen LogP) is -0.375. The molecule has 0 radical (unpaired) electrons. The predicted molar refractivity (Wildman–Crippen MR) is 60.4 cm³/mol. The number of H-pyrrole nitrogens is 1. The van der Waals surface area contributed by atoms with Gasteiger partial charge >= 0.3 is 11.7 Å². The fourth-order valence-electron chi connectivity index (χ4n) is 1.57. The SMILES string of the molecule is COc1ccc2c(c1)c(=O)[nH]c(=O)n2C(N)=O. The van der Waals surface area contributed by atoms with Gasteiger partial charge in [0.1, 0.15) is 5.75 Å². The summed E-state index contributed by atoms with van der Waals surface area (Å²) in [6.07, 6.45) is 0. The van der Waals surface area contributed by atoms with Crippen LogP contribution in [-0.2, 0) is 0 Å². The number of nitrogens with two attached hydrogens (primary N) is 1. The number of aromatic nitrogens is 2. The molecule has 7 nitrogen and oxygen atoms in total. The summed E-state index contributed by atoms with van der Waals surface area (Å²) in [6, 6.07) is 3.42. The van der Waals surface area contributed by atoms with Crippen LogP contribution in [0.15, 0.2) is 27.8 Å². The molecule has 2 rings (SSSR count). The lowest BCUT2D eigenvalue weighted by Crippen LogP contribution is -2.37. The summed E-state index contributed by atoms with van der Waals surface area (Å²) in [6.45, 7) is 0. The number of rotatable bonds is 1. The number of aromatic amines is 1. The fraction of sp³-hybridized carbons (Fsp3) is 0.100. The molecule has 0 atom stereocenters. The molecule has 0 saturated carbocycles. The van der Waals surface area contributed by atoms with E-state index in [2.05, 4.69) is 0 Å². The molecule has 1 aromatic heterocycles. The van der Waals surface area contributed by atoms with Gasteiger partial charge in [-0.25, -0.2) is 14.2 Å². The minimum atomic E-state index is -0.957. The van der Waals surface area contributed by atoms with Crippen molar-refractivity contribution in [3.05, 3.63) is 39.0 Å². The highest BCUT2D eigenvalue weighted by atomic mass is 16.5. The van der Waals surface area contributed by atoms with Crippen LogP contribution in [0.2, 0.25) is 0 Å². The number of methoxy groups -OCH3 is 1. The number of fused-ring (bicyclic) bond motifs is 1. The molecule has 0 aliphatic carbocycles. The second kappa shape index (κ2) is 3.78. The Balaban J connectivity index is 2.98. The van der Waals surface area contributed by atoms with Crippen molar-refractivity contribution in [3.63, 3.8) is 0 Å². The van der Waals surface area contributed by atoms with E-state index < -0.39 is 17.3 Å². The molecule has 1 aromatic carbocycles. The van der Waals surface area contributed by atoms with Gasteiger partial charge in [0, 0.05) is 0 Å². The van der Waals surface area contributed by atoms with Crippen LogP contribution < -0.4 is 21.7 Å². The van der Waals surface area contributed by atoms with E-state index in [4.69, 9.17) is 10.5 Å². The van der Waals surface area contributed by atoms with Crippen LogP contribution in [0.1, 0.15) is 0 Å². The molecule has 7 heteroatoms. The molecule has 0 unspecified atom stereocenters. The van der Waals surface area contributed by atoms with Crippen LogP contribution in [0, 0.1) is 0 Å². The molecule has 2 aromatic rings. The second-order valence-electron chi connectivity index (χ2n) is 3.32. The maximum absolute atomic E-state index is 11.6. The van der Waals surface area contributed by atoms with Gasteiger partial charge in [-0.15, -0.1) is 0 Å². The Labute approximate surface area is 94.4 Å². The first-order valence-corrected chi connectivity index (χ1v) is 4.67. The quantitative estimate of drug-likeness (QED) is 0.702. The van der Waals surface area contributed by atoms with Gasteiger partial charge in [-0.05, 0) is 18.2 Å². The van der Waals surface area contributed by atoms with E-state index in [9.17, 15) is 14.4 Å². The first-order valence-electron chi connectivity index (χ1n) is 4.67. The minimum Gasteiger partial charge on any atom is -0.497 e. The van der Waals surface area contributed by atoms with E-state index in [1.807, 2.05) is 4.98 Å². The summed E-state index contributed by atoms with van der Waals surface area (Å²) in [7, 11) is 1.44. The summed E-state index contributed by atoms with van der Waals surface area (Å²) < 4.78 is 5.64. The Morgan fingerprint density at radius 3 is 2.71 bits per heavy atom. The zero-order valence-corrected chi connectivity index (χ0v) is 8.89. The monoisotopic (exact) mass is 235 g/mol. The van der Waals surface area contributed by atoms with Crippen LogP contribution in [0.5, 0.6) is 5.75 Å². The zero-order valence-electron chi connectivity index (χ0n) is 8.89. The first-order chi connectivity index (χ1) is 8.04. The summed E-state index contributed by atoms with van der Waals surface area (Å²) in [5, 5.41) is 0.155. The molecule has 0 saturated heterocycles. The number of carbonyl (C=O) groups excluding carboxylic acids is 1. The van der Waals surface area contributed by atoms with Crippen molar-refractivity contribution in [2.75, 3.05) is 7.11 Å². The van der Waals surface area contributed by atoms with Gasteiger partial charge in [0.05, 0.1) is 18.0 Å². The molecule has 0 bridgehead atoms. The third-order valence-electron chi connectivity index (χ3n) is 2.33. The topological polar surface area (TPSA) is 107 Å². The molecule has 17 heavy (non-hydrogen) atoms. The number of nitrogens with one attached hydrogen (secondary N) is 1. The van der Waals surface area contributed by atoms with Crippen molar-refractivity contribution in [3.8, 4) is 5.75 Å². The Hall–Kier alpha value is -2.57. The van der Waals surface area contributed by atoms with E-state index in [0.29, 0.717) is 10.3 Å². The molecule has 0 aliphatic rings. The molecule has 88 valence electrons. The number of hydrogen-bond acceptors (Lipinski definition) is 4. The largest absolute Gasteiger partial charge is 0.497 e.